The normalized spacial score (nSPS) is 14.4. The number of alkyl halides is 2. The summed E-state index contributed by atoms with van der Waals surface area (Å²) in [6.07, 6.45) is -3.51. The number of carbonyl (C=O) groups is 1. The zero-order chi connectivity index (χ0) is 13.0. The zero-order valence-electron chi connectivity index (χ0n) is 9.44. The van der Waals surface area contributed by atoms with Crippen LogP contribution in [0.15, 0.2) is 18.2 Å². The molecule has 1 aromatic rings. The SMILES string of the molecule is COC(F)c1cc(C(N)=O)cc(C(F)OC)c1. The Balaban J connectivity index is 3.23. The molecule has 0 aliphatic rings. The fourth-order valence-corrected chi connectivity index (χ4v) is 1.35. The molecule has 0 fully saturated rings. The summed E-state index contributed by atoms with van der Waals surface area (Å²) in [5, 5.41) is 0. The Bertz CT molecular complexity index is 383. The van der Waals surface area contributed by atoms with Gasteiger partial charge in [-0.05, 0) is 18.2 Å². The number of halogens is 2. The van der Waals surface area contributed by atoms with E-state index >= 15 is 0 Å². The quantitative estimate of drug-likeness (QED) is 0.863. The van der Waals surface area contributed by atoms with Crippen molar-refractivity contribution in [1.29, 1.82) is 0 Å². The van der Waals surface area contributed by atoms with Crippen molar-refractivity contribution < 1.29 is 23.0 Å². The Morgan fingerprint density at radius 2 is 1.53 bits per heavy atom. The second-order valence-electron chi connectivity index (χ2n) is 3.36. The van der Waals surface area contributed by atoms with E-state index in [1.807, 2.05) is 0 Å². The molecule has 1 amide bonds. The van der Waals surface area contributed by atoms with Crippen molar-refractivity contribution in [2.45, 2.75) is 12.7 Å². The number of rotatable bonds is 5. The molecule has 0 aromatic heterocycles. The number of ether oxygens (including phenoxy) is 2. The van der Waals surface area contributed by atoms with Crippen LogP contribution in [0.3, 0.4) is 0 Å². The van der Waals surface area contributed by atoms with E-state index in [0.29, 0.717) is 0 Å². The lowest BCUT2D eigenvalue weighted by molar-refractivity contribution is -0.0118. The maximum absolute atomic E-state index is 13.3. The highest BCUT2D eigenvalue weighted by Gasteiger charge is 2.17. The van der Waals surface area contributed by atoms with E-state index < -0.39 is 18.6 Å². The van der Waals surface area contributed by atoms with Crippen molar-refractivity contribution in [1.82, 2.24) is 0 Å². The number of hydrogen-bond acceptors (Lipinski definition) is 3. The Morgan fingerprint density at radius 1 is 1.12 bits per heavy atom. The first-order valence-corrected chi connectivity index (χ1v) is 4.78. The summed E-state index contributed by atoms with van der Waals surface area (Å²) in [5.74, 6) is -0.778. The number of benzene rings is 1. The van der Waals surface area contributed by atoms with Crippen LogP contribution >= 0.6 is 0 Å². The molecule has 0 aliphatic heterocycles. The summed E-state index contributed by atoms with van der Waals surface area (Å²) in [5.41, 5.74) is 5.09. The van der Waals surface area contributed by atoms with Crippen LogP contribution in [0.5, 0.6) is 0 Å². The smallest absolute Gasteiger partial charge is 0.248 e. The third-order valence-corrected chi connectivity index (χ3v) is 2.20. The second kappa shape index (κ2) is 5.70. The van der Waals surface area contributed by atoms with Gasteiger partial charge in [-0.15, -0.1) is 0 Å². The van der Waals surface area contributed by atoms with Gasteiger partial charge in [-0.1, -0.05) is 0 Å². The Morgan fingerprint density at radius 3 is 1.82 bits per heavy atom. The molecule has 0 spiro atoms. The molecule has 0 heterocycles. The van der Waals surface area contributed by atoms with Gasteiger partial charge in [0.15, 0.2) is 0 Å². The highest BCUT2D eigenvalue weighted by molar-refractivity contribution is 5.93. The maximum atomic E-state index is 13.3. The predicted octanol–water partition coefficient (Wildman–Crippen LogP) is 2.01. The topological polar surface area (TPSA) is 61.5 Å². The third-order valence-electron chi connectivity index (χ3n) is 2.20. The molecule has 1 aromatic carbocycles. The molecule has 17 heavy (non-hydrogen) atoms. The second-order valence-corrected chi connectivity index (χ2v) is 3.36. The van der Waals surface area contributed by atoms with Gasteiger partial charge in [0.2, 0.25) is 18.6 Å². The van der Waals surface area contributed by atoms with Crippen LogP contribution in [0, 0.1) is 0 Å². The van der Waals surface area contributed by atoms with Crippen molar-refractivity contribution in [2.24, 2.45) is 5.73 Å². The van der Waals surface area contributed by atoms with Crippen molar-refractivity contribution in [2.75, 3.05) is 14.2 Å². The molecule has 4 nitrogen and oxygen atoms in total. The van der Waals surface area contributed by atoms with E-state index in [0.717, 1.165) is 14.2 Å². The summed E-state index contributed by atoms with van der Waals surface area (Å²) >= 11 is 0. The van der Waals surface area contributed by atoms with Crippen molar-refractivity contribution in [3.63, 3.8) is 0 Å². The van der Waals surface area contributed by atoms with E-state index in [9.17, 15) is 13.6 Å². The summed E-state index contributed by atoms with van der Waals surface area (Å²) in [7, 11) is 2.31. The van der Waals surface area contributed by atoms with Crippen molar-refractivity contribution in [3.8, 4) is 0 Å². The first kappa shape index (κ1) is 13.5. The molecule has 6 heteroatoms. The number of hydrogen-bond donors (Lipinski definition) is 1. The molecule has 0 saturated heterocycles. The number of nitrogens with two attached hydrogens (primary N) is 1. The number of methoxy groups -OCH3 is 2. The zero-order valence-corrected chi connectivity index (χ0v) is 9.44. The van der Waals surface area contributed by atoms with Crippen molar-refractivity contribution >= 4 is 5.91 Å². The van der Waals surface area contributed by atoms with Crippen LogP contribution in [0.2, 0.25) is 0 Å². The van der Waals surface area contributed by atoms with Gasteiger partial charge in [0.05, 0.1) is 0 Å². The highest BCUT2D eigenvalue weighted by Crippen LogP contribution is 2.26. The molecule has 0 aliphatic carbocycles. The molecule has 0 saturated carbocycles. The van der Waals surface area contributed by atoms with Crippen LogP contribution in [0.25, 0.3) is 0 Å². The first-order chi connectivity index (χ1) is 7.99. The fraction of sp³-hybridized carbons (Fsp3) is 0.364. The third kappa shape index (κ3) is 3.21. The largest absolute Gasteiger partial charge is 0.366 e. The van der Waals surface area contributed by atoms with Gasteiger partial charge in [-0.2, -0.15) is 0 Å². The van der Waals surface area contributed by atoms with Crippen molar-refractivity contribution in [3.05, 3.63) is 34.9 Å². The monoisotopic (exact) mass is 245 g/mol. The van der Waals surface area contributed by atoms with E-state index in [2.05, 4.69) is 9.47 Å². The van der Waals surface area contributed by atoms with Gasteiger partial charge in [-0.25, -0.2) is 8.78 Å². The average Bonchev–Trinajstić information content (AvgIpc) is 2.36. The van der Waals surface area contributed by atoms with Gasteiger partial charge in [0, 0.05) is 30.9 Å². The van der Waals surface area contributed by atoms with Gasteiger partial charge in [-0.3, -0.25) is 4.79 Å². The highest BCUT2D eigenvalue weighted by atomic mass is 19.1. The van der Waals surface area contributed by atoms with Gasteiger partial charge >= 0.3 is 0 Å². The van der Waals surface area contributed by atoms with Crippen LogP contribution in [-0.4, -0.2) is 20.1 Å². The minimum atomic E-state index is -1.75. The minimum Gasteiger partial charge on any atom is -0.366 e. The maximum Gasteiger partial charge on any atom is 0.248 e. The van der Waals surface area contributed by atoms with E-state index in [1.54, 1.807) is 0 Å². The summed E-state index contributed by atoms with van der Waals surface area (Å²) in [4.78, 5) is 11.0. The van der Waals surface area contributed by atoms with Crippen LogP contribution in [0.4, 0.5) is 8.78 Å². The molecule has 1 rings (SSSR count). The molecular formula is C11H13F2NO3. The Hall–Kier alpha value is -1.53. The van der Waals surface area contributed by atoms with E-state index in [4.69, 9.17) is 5.73 Å². The van der Waals surface area contributed by atoms with Gasteiger partial charge in [0.25, 0.3) is 0 Å². The van der Waals surface area contributed by atoms with Crippen LogP contribution in [0.1, 0.15) is 34.2 Å². The Kier molecular flexibility index (Phi) is 4.53. The molecule has 0 bridgehead atoms. The van der Waals surface area contributed by atoms with Crippen LogP contribution in [-0.2, 0) is 9.47 Å². The lowest BCUT2D eigenvalue weighted by atomic mass is 10.0. The summed E-state index contributed by atoms with van der Waals surface area (Å²) in [6.45, 7) is 0. The van der Waals surface area contributed by atoms with E-state index in [-0.39, 0.29) is 16.7 Å². The molecule has 94 valence electrons. The predicted molar refractivity (Wildman–Crippen MR) is 56.7 cm³/mol. The number of primary amides is 1. The summed E-state index contributed by atoms with van der Waals surface area (Å²) in [6, 6.07) is 3.64. The fourth-order valence-electron chi connectivity index (χ4n) is 1.35. The molecule has 0 radical (unpaired) electrons. The lowest BCUT2D eigenvalue weighted by Gasteiger charge is -2.12. The average molecular weight is 245 g/mol. The van der Waals surface area contributed by atoms with Crippen LogP contribution < -0.4 is 5.73 Å². The van der Waals surface area contributed by atoms with Gasteiger partial charge < -0.3 is 15.2 Å². The molecular weight excluding hydrogens is 232 g/mol. The molecule has 2 atom stereocenters. The van der Waals surface area contributed by atoms with Gasteiger partial charge in [0.1, 0.15) is 0 Å². The molecule has 2 unspecified atom stereocenters. The Labute approximate surface area is 97.3 Å². The van der Waals surface area contributed by atoms with E-state index in [1.165, 1.54) is 18.2 Å². The standard InChI is InChI=1S/C11H13F2NO3/c1-16-9(12)6-3-7(10(13)17-2)5-8(4-6)11(14)15/h3-5,9-10H,1-2H3,(H2,14,15). The molecule has 2 N–H and O–H groups in total. The number of amides is 1. The first-order valence-electron chi connectivity index (χ1n) is 4.78. The lowest BCUT2D eigenvalue weighted by Crippen LogP contribution is -2.13. The minimum absolute atomic E-state index is 0.00287. The number of carbonyl (C=O) groups excluding carboxylic acids is 1. The summed E-state index contributed by atoms with van der Waals surface area (Å²) < 4.78 is 35.5.